The molecule has 2 saturated carbocycles. The molecule has 5 rings (SSSR count). The number of piperidine rings is 1. The predicted octanol–water partition coefficient (Wildman–Crippen LogP) is 4.36. The fourth-order valence-corrected chi connectivity index (χ4v) is 6.45. The summed E-state index contributed by atoms with van der Waals surface area (Å²) in [5.74, 6) is 0.598. The van der Waals surface area contributed by atoms with E-state index in [1.807, 2.05) is 36.2 Å². The van der Waals surface area contributed by atoms with Crippen LogP contribution < -0.4 is 0 Å². The third-order valence-corrected chi connectivity index (χ3v) is 8.48. The number of benzene rings is 1. The Hall–Kier alpha value is -3.06. The minimum absolute atomic E-state index is 0.0208. The fraction of sp³-hybridized carbons (Fsp3) is 0.517. The minimum atomic E-state index is -0.702. The molecule has 7 nitrogen and oxygen atoms in total. The van der Waals surface area contributed by atoms with Gasteiger partial charge in [-0.2, -0.15) is 0 Å². The van der Waals surface area contributed by atoms with Gasteiger partial charge in [0.15, 0.2) is 0 Å². The summed E-state index contributed by atoms with van der Waals surface area (Å²) in [4.78, 5) is 29.9. The number of aromatic hydroxyl groups is 1. The van der Waals surface area contributed by atoms with Gasteiger partial charge in [-0.25, -0.2) is 0 Å². The Bertz CT molecular complexity index is 1120. The van der Waals surface area contributed by atoms with Crippen LogP contribution in [0.1, 0.15) is 56.6 Å². The molecule has 2 aromatic rings. The first kappa shape index (κ1) is 24.6. The number of likely N-dealkylation sites (tertiary alicyclic amines) is 1. The molecule has 1 saturated heterocycles. The average molecular weight is 493 g/mol. The van der Waals surface area contributed by atoms with Crippen molar-refractivity contribution in [1.82, 2.24) is 9.80 Å². The van der Waals surface area contributed by atoms with Crippen molar-refractivity contribution in [1.29, 1.82) is 0 Å². The van der Waals surface area contributed by atoms with Crippen LogP contribution in [0.2, 0.25) is 0 Å². The van der Waals surface area contributed by atoms with E-state index in [0.29, 0.717) is 19.4 Å². The highest BCUT2D eigenvalue weighted by molar-refractivity contribution is 5.91. The molecule has 0 radical (unpaired) electrons. The van der Waals surface area contributed by atoms with E-state index >= 15 is 0 Å². The molecule has 1 amide bonds. The van der Waals surface area contributed by atoms with Gasteiger partial charge in [-0.3, -0.25) is 14.5 Å². The molecule has 0 bridgehead atoms. The molecule has 2 heterocycles. The Balaban J connectivity index is 1.47. The van der Waals surface area contributed by atoms with E-state index in [2.05, 4.69) is 4.90 Å². The maximum absolute atomic E-state index is 13.1. The monoisotopic (exact) mass is 492 g/mol. The van der Waals surface area contributed by atoms with Crippen molar-refractivity contribution in [2.24, 2.45) is 5.92 Å². The van der Waals surface area contributed by atoms with Gasteiger partial charge < -0.3 is 19.2 Å². The smallest absolute Gasteiger partial charge is 0.303 e. The Kier molecular flexibility index (Phi) is 6.68. The third kappa shape index (κ3) is 4.81. The summed E-state index contributed by atoms with van der Waals surface area (Å²) in [5, 5.41) is 10.4. The molecule has 36 heavy (non-hydrogen) atoms. The maximum atomic E-state index is 13.1. The van der Waals surface area contributed by atoms with Crippen molar-refractivity contribution in [2.45, 2.75) is 62.5 Å². The van der Waals surface area contributed by atoms with E-state index in [9.17, 15) is 14.7 Å². The zero-order valence-corrected chi connectivity index (χ0v) is 21.2. The fourth-order valence-electron chi connectivity index (χ4n) is 6.45. The second kappa shape index (κ2) is 9.77. The number of likely N-dealkylation sites (N-methyl/N-ethyl adjacent to an activating group) is 1. The molecule has 3 atom stereocenters. The van der Waals surface area contributed by atoms with Gasteiger partial charge in [0.05, 0.1) is 12.5 Å². The summed E-state index contributed by atoms with van der Waals surface area (Å²) in [6.45, 7) is 4.12. The van der Waals surface area contributed by atoms with Crippen molar-refractivity contribution in [3.05, 3.63) is 60.1 Å². The molecular formula is C29H36N2O5. The highest BCUT2D eigenvalue weighted by atomic mass is 16.6. The topological polar surface area (TPSA) is 83.2 Å². The van der Waals surface area contributed by atoms with Crippen molar-refractivity contribution in [3.63, 3.8) is 0 Å². The SMILES string of the molecule is CC(=O)O[C@]12CC[C@H](N(C)C(=O)/C=C/c3ccoc3)C[C@]1(c1cccc(O)c1)CCN(CC1CC1)C2. The molecule has 0 spiro atoms. The molecule has 2 aliphatic carbocycles. The van der Waals surface area contributed by atoms with E-state index < -0.39 is 11.0 Å². The molecule has 3 aliphatic rings. The summed E-state index contributed by atoms with van der Waals surface area (Å²) in [7, 11) is 1.85. The first-order chi connectivity index (χ1) is 17.3. The number of hydrogen-bond acceptors (Lipinski definition) is 6. The third-order valence-electron chi connectivity index (χ3n) is 8.48. The number of phenols is 1. The second-order valence-corrected chi connectivity index (χ2v) is 10.9. The lowest BCUT2D eigenvalue weighted by Crippen LogP contribution is -2.68. The van der Waals surface area contributed by atoms with Crippen LogP contribution in [-0.2, 0) is 19.7 Å². The molecule has 7 heteroatoms. The van der Waals surface area contributed by atoms with Crippen LogP contribution in [0, 0.1) is 5.92 Å². The number of nitrogens with zero attached hydrogens (tertiary/aromatic N) is 2. The number of fused-ring (bicyclic) bond motifs is 1. The standard InChI is InChI=1S/C29H36N2O5/c1-21(32)36-29-12-10-25(30(2)27(34)9-8-23-11-15-35-19-23)17-28(29,24-4-3-5-26(33)16-24)13-14-31(20-29)18-22-6-7-22/h3-5,8-9,11,15-16,19,22,25,33H,6-7,10,12-14,17-18,20H2,1-2H3/b9-8+/t25-,28-,29-/m0/s1. The summed E-state index contributed by atoms with van der Waals surface area (Å²) in [6, 6.07) is 9.18. The van der Waals surface area contributed by atoms with Gasteiger partial charge in [0, 0.05) is 50.2 Å². The zero-order valence-electron chi connectivity index (χ0n) is 21.2. The molecule has 192 valence electrons. The number of carbonyl (C=O) groups excluding carboxylic acids is 2. The highest BCUT2D eigenvalue weighted by Crippen LogP contribution is 2.55. The quantitative estimate of drug-likeness (QED) is 0.457. The molecule has 1 aromatic carbocycles. The molecule has 1 N–H and O–H groups in total. The summed E-state index contributed by atoms with van der Waals surface area (Å²) < 4.78 is 11.4. The Morgan fingerprint density at radius 3 is 2.78 bits per heavy atom. The van der Waals surface area contributed by atoms with Crippen LogP contribution in [-0.4, -0.2) is 65.1 Å². The Morgan fingerprint density at radius 1 is 1.25 bits per heavy atom. The Morgan fingerprint density at radius 2 is 2.08 bits per heavy atom. The van der Waals surface area contributed by atoms with E-state index in [1.165, 1.54) is 19.8 Å². The number of esters is 1. The van der Waals surface area contributed by atoms with E-state index in [0.717, 1.165) is 43.0 Å². The van der Waals surface area contributed by atoms with Gasteiger partial charge in [0.2, 0.25) is 5.91 Å². The lowest BCUT2D eigenvalue weighted by atomic mass is 9.55. The van der Waals surface area contributed by atoms with Crippen LogP contribution in [0.15, 0.2) is 53.4 Å². The van der Waals surface area contributed by atoms with Crippen molar-refractivity contribution < 1.29 is 23.8 Å². The molecule has 1 aromatic heterocycles. The molecular weight excluding hydrogens is 456 g/mol. The summed E-state index contributed by atoms with van der Waals surface area (Å²) >= 11 is 0. The molecule has 3 fully saturated rings. The van der Waals surface area contributed by atoms with Crippen LogP contribution in [0.3, 0.4) is 0 Å². The number of carbonyl (C=O) groups is 2. The largest absolute Gasteiger partial charge is 0.508 e. The Labute approximate surface area is 212 Å². The van der Waals surface area contributed by atoms with Gasteiger partial charge in [-0.15, -0.1) is 0 Å². The van der Waals surface area contributed by atoms with Gasteiger partial charge in [-0.05, 0) is 80.8 Å². The highest BCUT2D eigenvalue weighted by Gasteiger charge is 2.61. The number of phenolic OH excluding ortho intramolecular Hbond substituents is 1. The van der Waals surface area contributed by atoms with E-state index in [4.69, 9.17) is 9.15 Å². The number of ether oxygens (including phenoxy) is 1. The van der Waals surface area contributed by atoms with E-state index in [-0.39, 0.29) is 23.7 Å². The second-order valence-electron chi connectivity index (χ2n) is 10.9. The normalized spacial score (nSPS) is 28.6. The maximum Gasteiger partial charge on any atom is 0.303 e. The minimum Gasteiger partial charge on any atom is -0.508 e. The van der Waals surface area contributed by atoms with E-state index in [1.54, 1.807) is 30.7 Å². The molecule has 0 unspecified atom stereocenters. The van der Waals surface area contributed by atoms with Gasteiger partial charge >= 0.3 is 5.97 Å². The lowest BCUT2D eigenvalue weighted by Gasteiger charge is -2.60. The summed E-state index contributed by atoms with van der Waals surface area (Å²) in [5.41, 5.74) is 0.624. The van der Waals surface area contributed by atoms with Crippen LogP contribution in [0.25, 0.3) is 6.08 Å². The number of hydrogen-bond donors (Lipinski definition) is 1. The van der Waals surface area contributed by atoms with Crippen molar-refractivity contribution in [3.8, 4) is 5.75 Å². The summed E-state index contributed by atoms with van der Waals surface area (Å²) in [6.07, 6.45) is 12.0. The van der Waals surface area contributed by atoms with Crippen molar-refractivity contribution in [2.75, 3.05) is 26.7 Å². The first-order valence-electron chi connectivity index (χ1n) is 13.0. The zero-order chi connectivity index (χ0) is 25.3. The lowest BCUT2D eigenvalue weighted by molar-refractivity contribution is -0.190. The number of rotatable bonds is 7. The average Bonchev–Trinajstić information content (AvgIpc) is 3.51. The number of amides is 1. The van der Waals surface area contributed by atoms with Crippen molar-refractivity contribution >= 4 is 18.0 Å². The van der Waals surface area contributed by atoms with Gasteiger partial charge in [-0.1, -0.05) is 12.1 Å². The first-order valence-corrected chi connectivity index (χ1v) is 13.0. The predicted molar refractivity (Wildman–Crippen MR) is 136 cm³/mol. The van der Waals surface area contributed by atoms with Gasteiger partial charge in [0.1, 0.15) is 11.4 Å². The number of furan rings is 1. The van der Waals surface area contributed by atoms with Crippen LogP contribution in [0.4, 0.5) is 0 Å². The molecule has 1 aliphatic heterocycles. The van der Waals surface area contributed by atoms with Gasteiger partial charge in [0.25, 0.3) is 0 Å². The van der Waals surface area contributed by atoms with Crippen LogP contribution in [0.5, 0.6) is 5.75 Å². The van der Waals surface area contributed by atoms with Crippen LogP contribution >= 0.6 is 0 Å².